The van der Waals surface area contributed by atoms with Crippen molar-refractivity contribution >= 4 is 11.8 Å². The summed E-state index contributed by atoms with van der Waals surface area (Å²) in [6, 6.07) is 1.71. The van der Waals surface area contributed by atoms with E-state index in [-0.39, 0.29) is 5.95 Å². The van der Waals surface area contributed by atoms with Crippen LogP contribution in [-0.4, -0.2) is 19.7 Å². The van der Waals surface area contributed by atoms with Crippen molar-refractivity contribution in [2.24, 2.45) is 0 Å². The van der Waals surface area contributed by atoms with E-state index in [0.717, 1.165) is 29.9 Å². The molecule has 0 radical (unpaired) electrons. The first-order chi connectivity index (χ1) is 8.10. The minimum Gasteiger partial charge on any atom is -0.384 e. The van der Waals surface area contributed by atoms with Crippen molar-refractivity contribution in [2.75, 3.05) is 11.5 Å². The molecule has 2 aromatic rings. The smallest absolute Gasteiger partial charge is 0.222 e. The first-order valence-corrected chi connectivity index (χ1v) is 5.54. The van der Waals surface area contributed by atoms with Crippen LogP contribution in [0.5, 0.6) is 0 Å². The molecule has 17 heavy (non-hydrogen) atoms. The fourth-order valence-corrected chi connectivity index (χ4v) is 1.74. The van der Waals surface area contributed by atoms with Gasteiger partial charge in [0, 0.05) is 24.4 Å². The van der Waals surface area contributed by atoms with Gasteiger partial charge in [-0.15, -0.1) is 0 Å². The molecule has 0 spiro atoms. The molecule has 0 aliphatic heterocycles. The van der Waals surface area contributed by atoms with Crippen LogP contribution in [0.1, 0.15) is 19.0 Å². The maximum atomic E-state index is 5.65. The lowest BCUT2D eigenvalue weighted by molar-refractivity contribution is 0.598. The number of aromatic nitrogens is 4. The predicted octanol–water partition coefficient (Wildman–Crippen LogP) is 1.22. The Hall–Kier alpha value is -2.11. The van der Waals surface area contributed by atoms with Crippen LogP contribution in [0.3, 0.4) is 0 Å². The maximum absolute atomic E-state index is 5.65. The highest BCUT2D eigenvalue weighted by Gasteiger charge is 2.10. The van der Waals surface area contributed by atoms with Gasteiger partial charge in [-0.05, 0) is 13.3 Å². The third-order valence-corrected chi connectivity index (χ3v) is 2.44. The van der Waals surface area contributed by atoms with Crippen LogP contribution in [0.25, 0.3) is 11.3 Å². The molecular weight excluding hydrogens is 216 g/mol. The van der Waals surface area contributed by atoms with Gasteiger partial charge < -0.3 is 11.5 Å². The fraction of sp³-hybridized carbons (Fsp3) is 0.364. The normalized spacial score (nSPS) is 10.7. The Labute approximate surface area is 99.7 Å². The van der Waals surface area contributed by atoms with Gasteiger partial charge in [0.1, 0.15) is 5.82 Å². The molecule has 2 aromatic heterocycles. The number of nitrogen functional groups attached to an aromatic ring is 2. The third kappa shape index (κ3) is 2.35. The van der Waals surface area contributed by atoms with Gasteiger partial charge in [0.15, 0.2) is 0 Å². The molecule has 0 saturated heterocycles. The van der Waals surface area contributed by atoms with Crippen LogP contribution in [0.4, 0.5) is 11.8 Å². The van der Waals surface area contributed by atoms with Crippen LogP contribution in [-0.2, 0) is 6.54 Å². The molecule has 0 fully saturated rings. The molecule has 0 bridgehead atoms. The Morgan fingerprint density at radius 1 is 1.29 bits per heavy atom. The molecule has 0 aliphatic carbocycles. The van der Waals surface area contributed by atoms with Crippen LogP contribution >= 0.6 is 0 Å². The highest BCUT2D eigenvalue weighted by atomic mass is 15.3. The molecule has 90 valence electrons. The van der Waals surface area contributed by atoms with Gasteiger partial charge in [-0.2, -0.15) is 10.1 Å². The fourth-order valence-electron chi connectivity index (χ4n) is 1.74. The summed E-state index contributed by atoms with van der Waals surface area (Å²) < 4.78 is 1.90. The van der Waals surface area contributed by atoms with Gasteiger partial charge in [0.25, 0.3) is 0 Å². The summed E-state index contributed by atoms with van der Waals surface area (Å²) in [4.78, 5) is 8.02. The number of rotatable bonds is 3. The average molecular weight is 232 g/mol. The van der Waals surface area contributed by atoms with Gasteiger partial charge in [0.2, 0.25) is 5.95 Å². The zero-order valence-corrected chi connectivity index (χ0v) is 10.0. The van der Waals surface area contributed by atoms with Crippen LogP contribution in [0, 0.1) is 6.92 Å². The first kappa shape index (κ1) is 11.4. The lowest BCUT2D eigenvalue weighted by Crippen LogP contribution is -2.00. The van der Waals surface area contributed by atoms with Crippen LogP contribution in [0.15, 0.2) is 12.3 Å². The van der Waals surface area contributed by atoms with Crippen molar-refractivity contribution in [3.05, 3.63) is 18.0 Å². The molecule has 0 saturated carbocycles. The second-order valence-corrected chi connectivity index (χ2v) is 3.93. The average Bonchev–Trinajstić information content (AvgIpc) is 2.58. The van der Waals surface area contributed by atoms with E-state index in [9.17, 15) is 0 Å². The standard InChI is InChI=1S/C11H16N6/c1-3-4-17-6-8(7(2)16-17)9-5-10(12)15-11(13)14-9/h5-6H,3-4H2,1-2H3,(H4,12,13,14,15). The summed E-state index contributed by atoms with van der Waals surface area (Å²) >= 11 is 0. The summed E-state index contributed by atoms with van der Waals surface area (Å²) in [5.74, 6) is 0.554. The number of nitrogens with two attached hydrogens (primary N) is 2. The largest absolute Gasteiger partial charge is 0.384 e. The van der Waals surface area contributed by atoms with E-state index in [1.165, 1.54) is 0 Å². The quantitative estimate of drug-likeness (QED) is 0.829. The second-order valence-electron chi connectivity index (χ2n) is 3.93. The molecule has 0 amide bonds. The molecule has 6 nitrogen and oxygen atoms in total. The van der Waals surface area contributed by atoms with E-state index >= 15 is 0 Å². The molecule has 0 atom stereocenters. The van der Waals surface area contributed by atoms with Crippen molar-refractivity contribution < 1.29 is 0 Å². The van der Waals surface area contributed by atoms with Crippen molar-refractivity contribution in [1.29, 1.82) is 0 Å². The highest BCUT2D eigenvalue weighted by Crippen LogP contribution is 2.22. The summed E-state index contributed by atoms with van der Waals surface area (Å²) in [7, 11) is 0. The zero-order valence-electron chi connectivity index (χ0n) is 10.0. The van der Waals surface area contributed by atoms with Gasteiger partial charge in [0.05, 0.1) is 11.4 Å². The first-order valence-electron chi connectivity index (χ1n) is 5.54. The Morgan fingerprint density at radius 3 is 2.71 bits per heavy atom. The monoisotopic (exact) mass is 232 g/mol. The molecular formula is C11H16N6. The second kappa shape index (κ2) is 4.40. The molecule has 2 rings (SSSR count). The van der Waals surface area contributed by atoms with Crippen LogP contribution < -0.4 is 11.5 Å². The predicted molar refractivity (Wildman–Crippen MR) is 67.1 cm³/mol. The van der Waals surface area contributed by atoms with Crippen molar-refractivity contribution in [3.63, 3.8) is 0 Å². The number of aryl methyl sites for hydroxylation is 2. The van der Waals surface area contributed by atoms with E-state index in [2.05, 4.69) is 22.0 Å². The van der Waals surface area contributed by atoms with Gasteiger partial charge >= 0.3 is 0 Å². The Balaban J connectivity index is 2.44. The maximum Gasteiger partial charge on any atom is 0.222 e. The molecule has 0 unspecified atom stereocenters. The van der Waals surface area contributed by atoms with Crippen molar-refractivity contribution in [1.82, 2.24) is 19.7 Å². The minimum atomic E-state index is 0.183. The molecule has 2 heterocycles. The van der Waals surface area contributed by atoms with E-state index in [1.807, 2.05) is 17.8 Å². The van der Waals surface area contributed by atoms with E-state index in [4.69, 9.17) is 11.5 Å². The topological polar surface area (TPSA) is 95.6 Å². The Kier molecular flexibility index (Phi) is 2.95. The SMILES string of the molecule is CCCn1cc(-c2cc(N)nc(N)n2)c(C)n1. The third-order valence-electron chi connectivity index (χ3n) is 2.44. The van der Waals surface area contributed by atoms with E-state index in [0.29, 0.717) is 5.82 Å². The molecule has 0 aromatic carbocycles. The number of hydrogen-bond donors (Lipinski definition) is 2. The van der Waals surface area contributed by atoms with Crippen molar-refractivity contribution in [2.45, 2.75) is 26.8 Å². The van der Waals surface area contributed by atoms with E-state index < -0.39 is 0 Å². The van der Waals surface area contributed by atoms with Gasteiger partial charge in [-0.1, -0.05) is 6.92 Å². The Bertz CT molecular complexity index is 511. The lowest BCUT2D eigenvalue weighted by atomic mass is 10.2. The molecule has 6 heteroatoms. The summed E-state index contributed by atoms with van der Waals surface area (Å²) in [5.41, 5.74) is 13.8. The summed E-state index contributed by atoms with van der Waals surface area (Å²) in [6.07, 6.45) is 2.99. The van der Waals surface area contributed by atoms with Crippen LogP contribution in [0.2, 0.25) is 0 Å². The zero-order chi connectivity index (χ0) is 12.4. The molecule has 4 N–H and O–H groups in total. The van der Waals surface area contributed by atoms with Gasteiger partial charge in [-0.3, -0.25) is 4.68 Å². The van der Waals surface area contributed by atoms with Crippen molar-refractivity contribution in [3.8, 4) is 11.3 Å². The number of nitrogens with zero attached hydrogens (tertiary/aromatic N) is 4. The van der Waals surface area contributed by atoms with E-state index in [1.54, 1.807) is 6.07 Å². The number of anilines is 2. The molecule has 0 aliphatic rings. The lowest BCUT2D eigenvalue weighted by Gasteiger charge is -2.01. The summed E-state index contributed by atoms with van der Waals surface area (Å²) in [6.45, 7) is 4.93. The minimum absolute atomic E-state index is 0.183. The highest BCUT2D eigenvalue weighted by molar-refractivity contribution is 5.64. The van der Waals surface area contributed by atoms with Gasteiger partial charge in [-0.25, -0.2) is 4.98 Å². The Morgan fingerprint density at radius 2 is 2.06 bits per heavy atom. The summed E-state index contributed by atoms with van der Waals surface area (Å²) in [5, 5.41) is 4.41. The number of hydrogen-bond acceptors (Lipinski definition) is 5.